The average Bonchev–Trinajstić information content (AvgIpc) is 2.98. The van der Waals surface area contributed by atoms with Crippen molar-refractivity contribution in [2.24, 2.45) is 0 Å². The van der Waals surface area contributed by atoms with Gasteiger partial charge in [0.25, 0.3) is 17.4 Å². The molecule has 0 aliphatic heterocycles. The fraction of sp³-hybridized carbons (Fsp3) is 0.368. The van der Waals surface area contributed by atoms with E-state index in [0.717, 1.165) is 35.7 Å². The molecule has 0 atom stereocenters. The highest BCUT2D eigenvalue weighted by molar-refractivity contribution is 5.88. The third kappa shape index (κ3) is 3.29. The number of carbonyl (C=O) groups excluding carboxylic acids is 1. The van der Waals surface area contributed by atoms with Crippen LogP contribution in [0.15, 0.2) is 43.0 Å². The second kappa shape index (κ2) is 7.83. The molecule has 26 heavy (non-hydrogen) atoms. The van der Waals surface area contributed by atoms with Crippen LogP contribution in [0.5, 0.6) is 0 Å². The number of aromatic nitrogens is 4. The Morgan fingerprint density at radius 2 is 2.04 bits per heavy atom. The molecule has 4 rings (SSSR count). The fourth-order valence-corrected chi connectivity index (χ4v) is 3.68. The molecule has 7 heteroatoms. The van der Waals surface area contributed by atoms with Crippen LogP contribution >= 0.6 is 12.4 Å². The maximum Gasteiger partial charge on any atom is 0.284 e. The van der Waals surface area contributed by atoms with E-state index in [4.69, 9.17) is 0 Å². The Kier molecular flexibility index (Phi) is 5.52. The van der Waals surface area contributed by atoms with E-state index in [1.54, 1.807) is 30.1 Å². The molecule has 3 aromatic heterocycles. The zero-order valence-electron chi connectivity index (χ0n) is 14.8. The first-order chi connectivity index (χ1) is 12.3. The molecule has 0 spiro atoms. The standard InChI is InChI=1S/C19H22N5O.ClH/c1-14(25)24-17-13-20-11-12-23(17)19(22-15-7-3-2-4-8-15)18(24)16-9-5-6-10-21-16;/h5-6,9-13,15,22H,2-4,7-8H2,1H3;1H/q+1;. The number of halogens is 1. The SMILES string of the molecule is CC(=O)n1c(-c2ccccn2)c(NC2CCCCC2)[n+]2ccncc12.Cl. The van der Waals surface area contributed by atoms with Gasteiger partial charge in [-0.15, -0.1) is 12.4 Å². The highest BCUT2D eigenvalue weighted by Gasteiger charge is 2.31. The van der Waals surface area contributed by atoms with Crippen molar-refractivity contribution in [1.29, 1.82) is 0 Å². The smallest absolute Gasteiger partial charge is 0.284 e. The topological polar surface area (TPSA) is 63.9 Å². The summed E-state index contributed by atoms with van der Waals surface area (Å²) in [7, 11) is 0. The van der Waals surface area contributed by atoms with E-state index in [9.17, 15) is 4.79 Å². The molecule has 0 radical (unpaired) electrons. The molecule has 6 nitrogen and oxygen atoms in total. The summed E-state index contributed by atoms with van der Waals surface area (Å²) in [5.41, 5.74) is 2.32. The molecule has 3 heterocycles. The van der Waals surface area contributed by atoms with Crippen LogP contribution in [-0.2, 0) is 0 Å². The predicted octanol–water partition coefficient (Wildman–Crippen LogP) is 3.51. The molecule has 1 fully saturated rings. The van der Waals surface area contributed by atoms with Crippen LogP contribution in [-0.4, -0.2) is 26.5 Å². The molecule has 0 amide bonds. The van der Waals surface area contributed by atoms with Crippen molar-refractivity contribution in [3.63, 3.8) is 0 Å². The van der Waals surface area contributed by atoms with Gasteiger partial charge < -0.3 is 0 Å². The van der Waals surface area contributed by atoms with Gasteiger partial charge in [-0.25, -0.2) is 0 Å². The number of nitrogens with zero attached hydrogens (tertiary/aromatic N) is 4. The van der Waals surface area contributed by atoms with Crippen LogP contribution in [0, 0.1) is 0 Å². The summed E-state index contributed by atoms with van der Waals surface area (Å²) in [6.07, 6.45) is 13.2. The molecular weight excluding hydrogens is 350 g/mol. The van der Waals surface area contributed by atoms with Gasteiger partial charge in [-0.2, -0.15) is 8.97 Å². The number of imidazole rings is 1. The minimum Gasteiger partial charge on any atom is -0.300 e. The number of nitrogens with one attached hydrogen (secondary N) is 1. The molecule has 1 saturated carbocycles. The van der Waals surface area contributed by atoms with Gasteiger partial charge in [-0.05, 0) is 25.0 Å². The number of hydrogen-bond donors (Lipinski definition) is 1. The van der Waals surface area contributed by atoms with Crippen molar-refractivity contribution in [1.82, 2.24) is 14.5 Å². The van der Waals surface area contributed by atoms with Gasteiger partial charge in [-0.1, -0.05) is 25.3 Å². The molecule has 0 bridgehead atoms. The quantitative estimate of drug-likeness (QED) is 0.714. The predicted molar refractivity (Wildman–Crippen MR) is 103 cm³/mol. The van der Waals surface area contributed by atoms with Crippen molar-refractivity contribution in [3.8, 4) is 11.4 Å². The molecule has 1 aliphatic rings. The highest BCUT2D eigenvalue weighted by atomic mass is 35.5. The van der Waals surface area contributed by atoms with E-state index in [0.29, 0.717) is 6.04 Å². The number of hydrogen-bond acceptors (Lipinski definition) is 4. The molecule has 0 aromatic carbocycles. The third-order valence-corrected chi connectivity index (χ3v) is 4.82. The molecule has 0 unspecified atom stereocenters. The summed E-state index contributed by atoms with van der Waals surface area (Å²) >= 11 is 0. The van der Waals surface area contributed by atoms with Gasteiger partial charge in [-0.3, -0.25) is 20.1 Å². The van der Waals surface area contributed by atoms with Gasteiger partial charge in [0.15, 0.2) is 0 Å². The largest absolute Gasteiger partial charge is 0.300 e. The van der Waals surface area contributed by atoms with Crippen LogP contribution in [0.25, 0.3) is 17.0 Å². The van der Waals surface area contributed by atoms with E-state index < -0.39 is 0 Å². The Morgan fingerprint density at radius 3 is 2.73 bits per heavy atom. The molecule has 1 N–H and O–H groups in total. The zero-order valence-corrected chi connectivity index (χ0v) is 15.6. The van der Waals surface area contributed by atoms with Crippen LogP contribution in [0.4, 0.5) is 5.82 Å². The van der Waals surface area contributed by atoms with Crippen molar-refractivity contribution in [2.75, 3.05) is 5.32 Å². The van der Waals surface area contributed by atoms with Crippen molar-refractivity contribution in [3.05, 3.63) is 43.0 Å². The second-order valence-electron chi connectivity index (χ2n) is 6.55. The van der Waals surface area contributed by atoms with Crippen LogP contribution < -0.4 is 9.72 Å². The number of carbonyl (C=O) groups is 1. The average molecular weight is 373 g/mol. The number of anilines is 1. The fourth-order valence-electron chi connectivity index (χ4n) is 3.68. The lowest BCUT2D eigenvalue weighted by Crippen LogP contribution is -2.30. The van der Waals surface area contributed by atoms with E-state index in [1.165, 1.54) is 19.3 Å². The van der Waals surface area contributed by atoms with E-state index in [-0.39, 0.29) is 18.3 Å². The van der Waals surface area contributed by atoms with E-state index in [2.05, 4.69) is 15.3 Å². The van der Waals surface area contributed by atoms with Crippen LogP contribution in [0.1, 0.15) is 43.8 Å². The van der Waals surface area contributed by atoms with Crippen LogP contribution in [0.2, 0.25) is 0 Å². The Morgan fingerprint density at radius 1 is 1.23 bits per heavy atom. The van der Waals surface area contributed by atoms with Gasteiger partial charge in [0.05, 0.1) is 18.4 Å². The summed E-state index contributed by atoms with van der Waals surface area (Å²) in [6, 6.07) is 6.18. The van der Waals surface area contributed by atoms with Gasteiger partial charge >= 0.3 is 0 Å². The first-order valence-electron chi connectivity index (χ1n) is 8.84. The Balaban J connectivity index is 0.00000196. The molecule has 0 saturated heterocycles. The molecular formula is C19H23ClN5O+. The van der Waals surface area contributed by atoms with Crippen LogP contribution in [0.3, 0.4) is 0 Å². The summed E-state index contributed by atoms with van der Waals surface area (Å²) in [4.78, 5) is 21.1. The summed E-state index contributed by atoms with van der Waals surface area (Å²) in [6.45, 7) is 1.57. The summed E-state index contributed by atoms with van der Waals surface area (Å²) in [5.74, 6) is 0.862. The Hall–Kier alpha value is -2.47. The zero-order chi connectivity index (χ0) is 17.2. The minimum atomic E-state index is -0.0529. The highest BCUT2D eigenvalue weighted by Crippen LogP contribution is 2.29. The Labute approximate surface area is 158 Å². The van der Waals surface area contributed by atoms with Crippen molar-refractivity contribution >= 4 is 29.8 Å². The first-order valence-corrected chi connectivity index (χ1v) is 8.84. The normalized spacial score (nSPS) is 14.8. The summed E-state index contributed by atoms with van der Waals surface area (Å²) < 4.78 is 3.70. The lowest BCUT2D eigenvalue weighted by molar-refractivity contribution is -0.495. The molecule has 1 aliphatic carbocycles. The van der Waals surface area contributed by atoms with E-state index >= 15 is 0 Å². The number of pyridine rings is 1. The van der Waals surface area contributed by atoms with E-state index in [1.807, 2.05) is 28.8 Å². The molecule has 3 aromatic rings. The third-order valence-electron chi connectivity index (χ3n) is 4.82. The minimum absolute atomic E-state index is 0. The van der Waals surface area contributed by atoms with Crippen molar-refractivity contribution < 1.29 is 9.20 Å². The number of fused-ring (bicyclic) bond motifs is 1. The number of rotatable bonds is 3. The van der Waals surface area contributed by atoms with Crippen molar-refractivity contribution in [2.45, 2.75) is 45.1 Å². The maximum atomic E-state index is 12.4. The second-order valence-corrected chi connectivity index (χ2v) is 6.55. The molecule has 136 valence electrons. The Bertz CT molecular complexity index is 903. The van der Waals surface area contributed by atoms with Gasteiger partial charge in [0.1, 0.15) is 11.9 Å². The first kappa shape index (κ1) is 18.3. The lowest BCUT2D eigenvalue weighted by atomic mass is 9.95. The summed E-state index contributed by atoms with van der Waals surface area (Å²) in [5, 5.41) is 3.69. The van der Waals surface area contributed by atoms with Gasteiger partial charge in [0.2, 0.25) is 5.69 Å². The lowest BCUT2D eigenvalue weighted by Gasteiger charge is -2.20. The monoisotopic (exact) mass is 372 g/mol. The van der Waals surface area contributed by atoms with Gasteiger partial charge in [0, 0.05) is 13.1 Å². The maximum absolute atomic E-state index is 12.4.